The fraction of sp³-hybridized carbons (Fsp3) is 0.636. The lowest BCUT2D eigenvalue weighted by molar-refractivity contribution is -0.137. The molecule has 1 aromatic rings. The van der Waals surface area contributed by atoms with Crippen molar-refractivity contribution in [1.29, 1.82) is 0 Å². The molecule has 1 saturated heterocycles. The monoisotopic (exact) mass is 223 g/mol. The molecule has 1 aliphatic heterocycles. The van der Waals surface area contributed by atoms with Crippen LogP contribution in [0.5, 0.6) is 0 Å². The maximum absolute atomic E-state index is 10.7. The zero-order chi connectivity index (χ0) is 11.5. The Morgan fingerprint density at radius 1 is 1.75 bits per heavy atom. The van der Waals surface area contributed by atoms with E-state index < -0.39 is 5.97 Å². The molecule has 16 heavy (non-hydrogen) atoms. The molecule has 2 heterocycles. The first-order valence-electron chi connectivity index (χ1n) is 5.59. The number of rotatable bonds is 3. The van der Waals surface area contributed by atoms with E-state index in [1.165, 1.54) is 5.56 Å². The summed E-state index contributed by atoms with van der Waals surface area (Å²) in [6.45, 7) is 0.886. The molecule has 2 N–H and O–H groups in total. The van der Waals surface area contributed by atoms with Gasteiger partial charge in [0.1, 0.15) is 0 Å². The van der Waals surface area contributed by atoms with E-state index in [4.69, 9.17) is 5.11 Å². The molecular formula is C11H17N3O2. The normalized spacial score (nSPS) is 25.6. The number of aliphatic carboxylic acids is 1. The van der Waals surface area contributed by atoms with E-state index in [9.17, 15) is 4.79 Å². The van der Waals surface area contributed by atoms with Gasteiger partial charge in [0.05, 0.1) is 12.6 Å². The molecular weight excluding hydrogens is 206 g/mol. The van der Waals surface area contributed by atoms with Crippen molar-refractivity contribution in [3.8, 4) is 0 Å². The van der Waals surface area contributed by atoms with Gasteiger partial charge in [0, 0.05) is 19.3 Å². The van der Waals surface area contributed by atoms with Crippen molar-refractivity contribution in [3.63, 3.8) is 0 Å². The van der Waals surface area contributed by atoms with Gasteiger partial charge in [-0.3, -0.25) is 9.48 Å². The molecule has 0 aliphatic carbocycles. The van der Waals surface area contributed by atoms with Crippen LogP contribution in [-0.4, -0.2) is 33.4 Å². The maximum atomic E-state index is 10.7. The lowest BCUT2D eigenvalue weighted by atomic mass is 9.87. The SMILES string of the molecule is Cn1cc(C2CCNC(CC(=O)O)C2)cn1. The van der Waals surface area contributed by atoms with Crippen LogP contribution in [0.15, 0.2) is 12.4 Å². The Kier molecular flexibility index (Phi) is 3.24. The number of hydrogen-bond acceptors (Lipinski definition) is 3. The number of carbonyl (C=O) groups is 1. The van der Waals surface area contributed by atoms with Crippen LogP contribution in [0, 0.1) is 0 Å². The lowest BCUT2D eigenvalue weighted by Crippen LogP contribution is -2.38. The third kappa shape index (κ3) is 2.61. The minimum absolute atomic E-state index is 0.0939. The second kappa shape index (κ2) is 4.65. The molecule has 1 aromatic heterocycles. The van der Waals surface area contributed by atoms with Crippen molar-refractivity contribution in [2.75, 3.05) is 6.54 Å². The molecule has 0 spiro atoms. The van der Waals surface area contributed by atoms with Crippen LogP contribution < -0.4 is 5.32 Å². The van der Waals surface area contributed by atoms with E-state index in [0.29, 0.717) is 5.92 Å². The largest absolute Gasteiger partial charge is 0.481 e. The van der Waals surface area contributed by atoms with Gasteiger partial charge in [-0.2, -0.15) is 5.10 Å². The molecule has 1 aliphatic rings. The molecule has 0 bridgehead atoms. The minimum atomic E-state index is -0.732. The topological polar surface area (TPSA) is 67.2 Å². The zero-order valence-corrected chi connectivity index (χ0v) is 9.39. The smallest absolute Gasteiger partial charge is 0.304 e. The van der Waals surface area contributed by atoms with Crippen molar-refractivity contribution >= 4 is 5.97 Å². The predicted molar refractivity (Wildman–Crippen MR) is 59.2 cm³/mol. The predicted octanol–water partition coefficient (Wildman–Crippen LogP) is 0.730. The highest BCUT2D eigenvalue weighted by atomic mass is 16.4. The summed E-state index contributed by atoms with van der Waals surface area (Å²) >= 11 is 0. The number of carboxylic acid groups (broad SMARTS) is 1. The molecule has 5 nitrogen and oxygen atoms in total. The lowest BCUT2D eigenvalue weighted by Gasteiger charge is -2.28. The highest BCUT2D eigenvalue weighted by Gasteiger charge is 2.24. The Morgan fingerprint density at radius 3 is 3.19 bits per heavy atom. The second-order valence-electron chi connectivity index (χ2n) is 4.42. The van der Waals surface area contributed by atoms with Gasteiger partial charge in [-0.15, -0.1) is 0 Å². The molecule has 1 fully saturated rings. The van der Waals surface area contributed by atoms with Crippen LogP contribution in [-0.2, 0) is 11.8 Å². The van der Waals surface area contributed by atoms with Gasteiger partial charge in [0.25, 0.3) is 0 Å². The van der Waals surface area contributed by atoms with Crippen LogP contribution in [0.4, 0.5) is 0 Å². The number of piperidine rings is 1. The fourth-order valence-corrected chi connectivity index (χ4v) is 2.33. The van der Waals surface area contributed by atoms with Gasteiger partial charge in [-0.25, -0.2) is 0 Å². The van der Waals surface area contributed by atoms with E-state index in [1.807, 2.05) is 19.4 Å². The van der Waals surface area contributed by atoms with Crippen molar-refractivity contribution in [3.05, 3.63) is 18.0 Å². The fourth-order valence-electron chi connectivity index (χ4n) is 2.33. The first-order chi connectivity index (χ1) is 7.65. The van der Waals surface area contributed by atoms with E-state index in [1.54, 1.807) is 4.68 Å². The van der Waals surface area contributed by atoms with Crippen LogP contribution in [0.3, 0.4) is 0 Å². The summed E-state index contributed by atoms with van der Waals surface area (Å²) in [6.07, 6.45) is 6.05. The standard InChI is InChI=1S/C11H17N3O2/c1-14-7-9(6-13-14)8-2-3-12-10(4-8)5-11(15)16/h6-8,10,12H,2-5H2,1H3,(H,15,16). The number of aryl methyl sites for hydroxylation is 1. The summed E-state index contributed by atoms with van der Waals surface area (Å²) in [6, 6.07) is 0.0939. The first-order valence-corrected chi connectivity index (χ1v) is 5.59. The quantitative estimate of drug-likeness (QED) is 0.792. The molecule has 0 aromatic carbocycles. The number of nitrogens with one attached hydrogen (secondary N) is 1. The molecule has 2 rings (SSSR count). The minimum Gasteiger partial charge on any atom is -0.481 e. The number of nitrogens with zero attached hydrogens (tertiary/aromatic N) is 2. The van der Waals surface area contributed by atoms with Crippen molar-refractivity contribution in [2.45, 2.75) is 31.2 Å². The number of carboxylic acids is 1. The molecule has 2 atom stereocenters. The van der Waals surface area contributed by atoms with Crippen LogP contribution in [0.25, 0.3) is 0 Å². The van der Waals surface area contributed by atoms with E-state index in [-0.39, 0.29) is 12.5 Å². The third-order valence-electron chi connectivity index (χ3n) is 3.11. The average molecular weight is 223 g/mol. The van der Waals surface area contributed by atoms with Crippen LogP contribution in [0.2, 0.25) is 0 Å². The van der Waals surface area contributed by atoms with Crippen LogP contribution in [0.1, 0.15) is 30.7 Å². The van der Waals surface area contributed by atoms with Crippen LogP contribution >= 0.6 is 0 Å². The summed E-state index contributed by atoms with van der Waals surface area (Å²) in [4.78, 5) is 10.7. The third-order valence-corrected chi connectivity index (χ3v) is 3.11. The molecule has 0 saturated carbocycles. The zero-order valence-electron chi connectivity index (χ0n) is 9.39. The van der Waals surface area contributed by atoms with Gasteiger partial charge < -0.3 is 10.4 Å². The highest BCUT2D eigenvalue weighted by molar-refractivity contribution is 5.67. The molecule has 2 unspecified atom stereocenters. The Morgan fingerprint density at radius 2 is 2.56 bits per heavy atom. The summed E-state index contributed by atoms with van der Waals surface area (Å²) < 4.78 is 1.80. The number of aromatic nitrogens is 2. The molecule has 5 heteroatoms. The molecule has 0 radical (unpaired) electrons. The van der Waals surface area contributed by atoms with Crippen molar-refractivity contribution in [1.82, 2.24) is 15.1 Å². The van der Waals surface area contributed by atoms with Crippen molar-refractivity contribution < 1.29 is 9.90 Å². The van der Waals surface area contributed by atoms with E-state index in [2.05, 4.69) is 10.4 Å². The average Bonchev–Trinajstić information content (AvgIpc) is 2.64. The van der Waals surface area contributed by atoms with Gasteiger partial charge in [-0.05, 0) is 30.9 Å². The van der Waals surface area contributed by atoms with Gasteiger partial charge in [-0.1, -0.05) is 0 Å². The van der Waals surface area contributed by atoms with E-state index >= 15 is 0 Å². The Labute approximate surface area is 94.5 Å². The van der Waals surface area contributed by atoms with Gasteiger partial charge in [0.15, 0.2) is 0 Å². The van der Waals surface area contributed by atoms with Crippen molar-refractivity contribution in [2.24, 2.45) is 7.05 Å². The maximum Gasteiger partial charge on any atom is 0.304 e. The Bertz CT molecular complexity index is 375. The number of hydrogen-bond donors (Lipinski definition) is 2. The highest BCUT2D eigenvalue weighted by Crippen LogP contribution is 2.28. The Balaban J connectivity index is 1.99. The first kappa shape index (κ1) is 11.1. The summed E-state index contributed by atoms with van der Waals surface area (Å²) in [7, 11) is 1.90. The van der Waals surface area contributed by atoms with Gasteiger partial charge >= 0.3 is 5.97 Å². The molecule has 0 amide bonds. The second-order valence-corrected chi connectivity index (χ2v) is 4.42. The Hall–Kier alpha value is -1.36. The molecule has 88 valence electrons. The van der Waals surface area contributed by atoms with E-state index in [0.717, 1.165) is 19.4 Å². The summed E-state index contributed by atoms with van der Waals surface area (Å²) in [5.74, 6) is -0.288. The summed E-state index contributed by atoms with van der Waals surface area (Å²) in [5, 5.41) is 16.2. The van der Waals surface area contributed by atoms with Gasteiger partial charge in [0.2, 0.25) is 0 Å². The summed E-state index contributed by atoms with van der Waals surface area (Å²) in [5.41, 5.74) is 1.22.